The van der Waals surface area contributed by atoms with E-state index >= 15 is 0 Å². The van der Waals surface area contributed by atoms with Gasteiger partial charge in [-0.05, 0) is 31.0 Å². The third-order valence-electron chi connectivity index (χ3n) is 5.20. The van der Waals surface area contributed by atoms with Gasteiger partial charge in [0, 0.05) is 38.5 Å². The van der Waals surface area contributed by atoms with Crippen molar-refractivity contribution >= 4 is 23.0 Å². The Bertz CT molecular complexity index is 979. The molecule has 0 aliphatic heterocycles. The SMILES string of the molecule is CNC(=O)c1cc(Oc2ccc3nc(N(C)C4CCCCC4)oc3c2)ccn1. The summed E-state index contributed by atoms with van der Waals surface area (Å²) in [6, 6.07) is 9.98. The third-order valence-corrected chi connectivity index (χ3v) is 5.20. The number of rotatable bonds is 5. The molecule has 7 nitrogen and oxygen atoms in total. The van der Waals surface area contributed by atoms with Gasteiger partial charge in [0.05, 0.1) is 0 Å². The van der Waals surface area contributed by atoms with Gasteiger partial charge < -0.3 is 19.4 Å². The normalized spacial score (nSPS) is 14.8. The molecule has 7 heteroatoms. The van der Waals surface area contributed by atoms with Gasteiger partial charge in [0.2, 0.25) is 0 Å². The molecule has 0 unspecified atom stereocenters. The Hall–Kier alpha value is -3.09. The van der Waals surface area contributed by atoms with Crippen molar-refractivity contribution in [3.63, 3.8) is 0 Å². The van der Waals surface area contributed by atoms with Crippen LogP contribution in [0.2, 0.25) is 0 Å². The summed E-state index contributed by atoms with van der Waals surface area (Å²) in [7, 11) is 3.62. The molecule has 0 bridgehead atoms. The molecule has 1 fully saturated rings. The van der Waals surface area contributed by atoms with Crippen molar-refractivity contribution in [2.75, 3.05) is 19.0 Å². The molecule has 1 aromatic carbocycles. The van der Waals surface area contributed by atoms with Gasteiger partial charge in [0.15, 0.2) is 5.58 Å². The number of oxazole rings is 1. The Morgan fingerprint density at radius 3 is 2.75 bits per heavy atom. The predicted molar refractivity (Wildman–Crippen MR) is 107 cm³/mol. The standard InChI is InChI=1S/C21H24N4O3/c1-22-20(26)18-12-16(10-11-23-18)27-15-8-9-17-19(13-15)28-21(24-17)25(2)14-6-4-3-5-7-14/h8-14H,3-7H2,1-2H3,(H,22,26). The minimum absolute atomic E-state index is 0.258. The number of aromatic nitrogens is 2. The zero-order chi connectivity index (χ0) is 19.5. The number of pyridine rings is 1. The lowest BCUT2D eigenvalue weighted by molar-refractivity contribution is 0.0958. The second kappa shape index (κ2) is 7.88. The molecule has 2 aromatic heterocycles. The number of anilines is 1. The lowest BCUT2D eigenvalue weighted by Gasteiger charge is -2.29. The number of hydrogen-bond acceptors (Lipinski definition) is 6. The molecule has 1 N–H and O–H groups in total. The van der Waals surface area contributed by atoms with Crippen LogP contribution in [0, 0.1) is 0 Å². The summed E-state index contributed by atoms with van der Waals surface area (Å²) in [6.07, 6.45) is 7.74. The largest absolute Gasteiger partial charge is 0.457 e. The fourth-order valence-electron chi connectivity index (χ4n) is 3.59. The van der Waals surface area contributed by atoms with E-state index < -0.39 is 0 Å². The minimum atomic E-state index is -0.258. The van der Waals surface area contributed by atoms with Gasteiger partial charge in [-0.2, -0.15) is 4.98 Å². The Labute approximate surface area is 163 Å². The number of carbonyl (C=O) groups excluding carboxylic acids is 1. The zero-order valence-corrected chi connectivity index (χ0v) is 16.1. The van der Waals surface area contributed by atoms with Crippen molar-refractivity contribution in [2.45, 2.75) is 38.1 Å². The molecule has 1 aliphatic rings. The Morgan fingerprint density at radius 2 is 1.96 bits per heavy atom. The van der Waals surface area contributed by atoms with E-state index in [9.17, 15) is 4.79 Å². The molecule has 3 aromatic rings. The molecule has 0 spiro atoms. The Balaban J connectivity index is 1.54. The van der Waals surface area contributed by atoms with Crippen molar-refractivity contribution < 1.29 is 13.9 Å². The average Bonchev–Trinajstić information content (AvgIpc) is 3.17. The molecule has 1 aliphatic carbocycles. The molecular weight excluding hydrogens is 356 g/mol. The summed E-state index contributed by atoms with van der Waals surface area (Å²) in [4.78, 5) is 22.6. The predicted octanol–water partition coefficient (Wildman–Crippen LogP) is 4.14. The highest BCUT2D eigenvalue weighted by atomic mass is 16.5. The van der Waals surface area contributed by atoms with Crippen LogP contribution in [0.5, 0.6) is 11.5 Å². The lowest BCUT2D eigenvalue weighted by Crippen LogP contribution is -2.33. The van der Waals surface area contributed by atoms with Crippen LogP contribution < -0.4 is 15.0 Å². The van der Waals surface area contributed by atoms with Gasteiger partial charge in [-0.25, -0.2) is 0 Å². The molecular formula is C21H24N4O3. The fraction of sp³-hybridized carbons (Fsp3) is 0.381. The molecule has 1 amide bonds. The van der Waals surface area contributed by atoms with Crippen molar-refractivity contribution in [2.24, 2.45) is 0 Å². The maximum absolute atomic E-state index is 11.7. The van der Waals surface area contributed by atoms with E-state index in [1.165, 1.54) is 32.1 Å². The molecule has 0 atom stereocenters. The molecule has 4 rings (SSSR count). The minimum Gasteiger partial charge on any atom is -0.457 e. The summed E-state index contributed by atoms with van der Waals surface area (Å²) in [6.45, 7) is 0. The van der Waals surface area contributed by atoms with E-state index in [1.807, 2.05) is 18.2 Å². The number of carbonyl (C=O) groups is 1. The van der Waals surface area contributed by atoms with Gasteiger partial charge in [-0.3, -0.25) is 9.78 Å². The molecule has 2 heterocycles. The number of fused-ring (bicyclic) bond motifs is 1. The first-order valence-corrected chi connectivity index (χ1v) is 9.63. The van der Waals surface area contributed by atoms with Crippen LogP contribution in [0.3, 0.4) is 0 Å². The molecule has 0 radical (unpaired) electrons. The van der Waals surface area contributed by atoms with E-state index in [-0.39, 0.29) is 5.91 Å². The second-order valence-corrected chi connectivity index (χ2v) is 7.09. The number of ether oxygens (including phenoxy) is 1. The monoisotopic (exact) mass is 380 g/mol. The summed E-state index contributed by atoms with van der Waals surface area (Å²) < 4.78 is 11.9. The van der Waals surface area contributed by atoms with Crippen LogP contribution in [-0.2, 0) is 0 Å². The average molecular weight is 380 g/mol. The highest BCUT2D eigenvalue weighted by molar-refractivity contribution is 5.92. The van der Waals surface area contributed by atoms with Gasteiger partial charge in [-0.15, -0.1) is 0 Å². The second-order valence-electron chi connectivity index (χ2n) is 7.09. The van der Waals surface area contributed by atoms with Crippen LogP contribution in [0.15, 0.2) is 40.9 Å². The first kappa shape index (κ1) is 18.3. The molecule has 28 heavy (non-hydrogen) atoms. The van der Waals surface area contributed by atoms with E-state index in [2.05, 4.69) is 27.2 Å². The fourth-order valence-corrected chi connectivity index (χ4v) is 3.59. The lowest BCUT2D eigenvalue weighted by atomic mass is 9.95. The zero-order valence-electron chi connectivity index (χ0n) is 16.1. The van der Waals surface area contributed by atoms with Crippen molar-refractivity contribution in [3.8, 4) is 11.5 Å². The van der Waals surface area contributed by atoms with Gasteiger partial charge in [-0.1, -0.05) is 19.3 Å². The van der Waals surface area contributed by atoms with Crippen molar-refractivity contribution in [1.82, 2.24) is 15.3 Å². The van der Waals surface area contributed by atoms with Gasteiger partial charge in [0.25, 0.3) is 11.9 Å². The van der Waals surface area contributed by atoms with Crippen molar-refractivity contribution in [1.29, 1.82) is 0 Å². The maximum atomic E-state index is 11.7. The number of nitrogens with one attached hydrogen (secondary N) is 1. The van der Waals surface area contributed by atoms with Gasteiger partial charge in [0.1, 0.15) is 22.7 Å². The summed E-state index contributed by atoms with van der Waals surface area (Å²) in [5.41, 5.74) is 1.78. The topological polar surface area (TPSA) is 80.5 Å². The Kier molecular flexibility index (Phi) is 5.14. The Morgan fingerprint density at radius 1 is 1.18 bits per heavy atom. The third kappa shape index (κ3) is 3.78. The molecule has 0 saturated heterocycles. The van der Waals surface area contributed by atoms with E-state index in [0.717, 1.165) is 5.52 Å². The van der Waals surface area contributed by atoms with E-state index in [4.69, 9.17) is 9.15 Å². The van der Waals surface area contributed by atoms with Crippen molar-refractivity contribution in [3.05, 3.63) is 42.2 Å². The van der Waals surface area contributed by atoms with Crippen LogP contribution >= 0.6 is 0 Å². The quantitative estimate of drug-likeness (QED) is 0.716. The number of hydrogen-bond donors (Lipinski definition) is 1. The molecule has 1 saturated carbocycles. The first-order valence-electron chi connectivity index (χ1n) is 9.63. The van der Waals surface area contributed by atoms with E-state index in [1.54, 1.807) is 25.4 Å². The number of nitrogens with zero attached hydrogens (tertiary/aromatic N) is 3. The van der Waals surface area contributed by atoms with Gasteiger partial charge >= 0.3 is 0 Å². The van der Waals surface area contributed by atoms with Crippen LogP contribution in [0.4, 0.5) is 6.01 Å². The maximum Gasteiger partial charge on any atom is 0.298 e. The van der Waals surface area contributed by atoms with Crippen LogP contribution in [-0.4, -0.2) is 36.0 Å². The first-order chi connectivity index (χ1) is 13.6. The van der Waals surface area contributed by atoms with Crippen LogP contribution in [0.25, 0.3) is 11.1 Å². The number of amides is 1. The van der Waals surface area contributed by atoms with E-state index in [0.29, 0.717) is 34.8 Å². The summed E-state index contributed by atoms with van der Waals surface area (Å²) in [5, 5.41) is 2.55. The molecule has 146 valence electrons. The smallest absolute Gasteiger partial charge is 0.298 e. The highest BCUT2D eigenvalue weighted by Gasteiger charge is 2.22. The van der Waals surface area contributed by atoms with Crippen LogP contribution in [0.1, 0.15) is 42.6 Å². The number of benzene rings is 1. The summed E-state index contributed by atoms with van der Waals surface area (Å²) >= 11 is 0. The highest BCUT2D eigenvalue weighted by Crippen LogP contribution is 2.31. The summed E-state index contributed by atoms with van der Waals surface area (Å²) in [5.74, 6) is 0.892.